The molecule has 4 nitrogen and oxygen atoms in total. The molecule has 0 spiro atoms. The average Bonchev–Trinajstić information content (AvgIpc) is 3.43. The van der Waals surface area contributed by atoms with E-state index in [0.29, 0.717) is 5.02 Å². The summed E-state index contributed by atoms with van der Waals surface area (Å²) in [6.45, 7) is 12.4. The van der Waals surface area contributed by atoms with Crippen molar-refractivity contribution in [3.63, 3.8) is 0 Å². The highest BCUT2D eigenvalue weighted by Crippen LogP contribution is 2.35. The van der Waals surface area contributed by atoms with Crippen LogP contribution in [0.15, 0.2) is 84.6 Å². The first kappa shape index (κ1) is 27.2. The summed E-state index contributed by atoms with van der Waals surface area (Å²) in [5, 5.41) is 4.36. The van der Waals surface area contributed by atoms with Gasteiger partial charge in [-0.25, -0.2) is 4.98 Å². The molecule has 0 atom stereocenters. The van der Waals surface area contributed by atoms with Crippen LogP contribution in [0.4, 0.5) is 11.4 Å². The molecule has 0 saturated heterocycles. The Morgan fingerprint density at radius 3 is 2.69 bits per heavy atom. The van der Waals surface area contributed by atoms with Crippen LogP contribution >= 0.6 is 11.6 Å². The molecule has 202 valence electrons. The van der Waals surface area contributed by atoms with Crippen LogP contribution < -0.4 is 5.32 Å². The molecule has 3 aromatic carbocycles. The van der Waals surface area contributed by atoms with Gasteiger partial charge in [-0.1, -0.05) is 86.5 Å². The number of H-pyrrole nitrogens is 1. The fraction of sp³-hybridized carbons (Fsp3) is 0.324. The zero-order valence-electron chi connectivity index (χ0n) is 23.5. The topological polar surface area (TPSA) is 44.0 Å². The first-order valence-electron chi connectivity index (χ1n) is 14.0. The van der Waals surface area contributed by atoms with Crippen LogP contribution in [0.3, 0.4) is 0 Å². The number of hydrogen-bond acceptors (Lipinski definition) is 3. The second-order valence-corrected chi connectivity index (χ2v) is 11.8. The SMILES string of the molecule is C/C=C(/CC)CC(C)(C)CN1CCc2c(cccc2Nc2ccc(Cl)c(-c3ncc(-c4ccccc4)[nH]3)c2)C1. The first-order chi connectivity index (χ1) is 18.8. The normalized spacial score (nSPS) is 14.3. The number of rotatable bonds is 9. The van der Waals surface area contributed by atoms with Crippen LogP contribution in [-0.4, -0.2) is 28.0 Å². The van der Waals surface area contributed by atoms with Gasteiger partial charge in [-0.15, -0.1) is 0 Å². The number of aromatic nitrogens is 2. The number of aromatic amines is 1. The van der Waals surface area contributed by atoms with Gasteiger partial charge >= 0.3 is 0 Å². The molecule has 2 heterocycles. The molecular formula is C34H39ClN4. The summed E-state index contributed by atoms with van der Waals surface area (Å²) >= 11 is 6.63. The molecule has 2 N–H and O–H groups in total. The molecular weight excluding hydrogens is 500 g/mol. The minimum absolute atomic E-state index is 0.261. The molecule has 4 aromatic rings. The summed E-state index contributed by atoms with van der Waals surface area (Å²) < 4.78 is 0. The van der Waals surface area contributed by atoms with Gasteiger partial charge < -0.3 is 10.3 Å². The second kappa shape index (κ2) is 11.8. The van der Waals surface area contributed by atoms with E-state index < -0.39 is 0 Å². The molecule has 39 heavy (non-hydrogen) atoms. The van der Waals surface area contributed by atoms with Crippen LogP contribution in [0.5, 0.6) is 0 Å². The lowest BCUT2D eigenvalue weighted by atomic mass is 9.83. The van der Waals surface area contributed by atoms with Crippen LogP contribution in [0, 0.1) is 5.41 Å². The van der Waals surface area contributed by atoms with Crippen LogP contribution in [0.2, 0.25) is 5.02 Å². The molecule has 0 fully saturated rings. The Kier molecular flexibility index (Phi) is 8.25. The molecule has 0 saturated carbocycles. The summed E-state index contributed by atoms with van der Waals surface area (Å²) in [5.41, 5.74) is 9.77. The van der Waals surface area contributed by atoms with Crippen molar-refractivity contribution in [3.05, 3.63) is 101 Å². The molecule has 1 aromatic heterocycles. The predicted molar refractivity (Wildman–Crippen MR) is 166 cm³/mol. The number of nitrogens with zero attached hydrogens (tertiary/aromatic N) is 2. The highest BCUT2D eigenvalue weighted by molar-refractivity contribution is 6.33. The van der Waals surface area contributed by atoms with Gasteiger partial charge in [-0.3, -0.25) is 4.90 Å². The molecule has 1 aliphatic rings. The van der Waals surface area contributed by atoms with Gasteiger partial charge in [0.1, 0.15) is 5.82 Å². The molecule has 0 amide bonds. The molecule has 0 unspecified atom stereocenters. The number of halogens is 1. The molecule has 1 aliphatic heterocycles. The predicted octanol–water partition coefficient (Wildman–Crippen LogP) is 9.27. The number of anilines is 2. The number of benzene rings is 3. The maximum Gasteiger partial charge on any atom is 0.139 e. The summed E-state index contributed by atoms with van der Waals surface area (Å²) in [6.07, 6.45) is 7.49. The fourth-order valence-electron chi connectivity index (χ4n) is 5.79. The maximum atomic E-state index is 6.63. The molecule has 5 rings (SSSR count). The van der Waals surface area contributed by atoms with Gasteiger partial charge in [-0.2, -0.15) is 0 Å². The van der Waals surface area contributed by atoms with Gasteiger partial charge in [0.05, 0.1) is 16.9 Å². The summed E-state index contributed by atoms with van der Waals surface area (Å²) in [4.78, 5) is 10.7. The highest BCUT2D eigenvalue weighted by atomic mass is 35.5. The largest absolute Gasteiger partial charge is 0.355 e. The number of nitrogens with one attached hydrogen (secondary N) is 2. The Balaban J connectivity index is 1.32. The Labute approximate surface area is 238 Å². The van der Waals surface area contributed by atoms with Crippen LogP contribution in [0.25, 0.3) is 22.6 Å². The van der Waals surface area contributed by atoms with Crippen molar-refractivity contribution in [3.8, 4) is 22.6 Å². The quantitative estimate of drug-likeness (QED) is 0.209. The first-order valence-corrected chi connectivity index (χ1v) is 14.4. The average molecular weight is 539 g/mol. The Bertz CT molecular complexity index is 1450. The van der Waals surface area contributed by atoms with Crippen LogP contribution in [0.1, 0.15) is 51.7 Å². The van der Waals surface area contributed by atoms with Crippen molar-refractivity contribution in [2.24, 2.45) is 5.41 Å². The van der Waals surface area contributed by atoms with Crippen molar-refractivity contribution < 1.29 is 0 Å². The maximum absolute atomic E-state index is 6.63. The number of fused-ring (bicyclic) bond motifs is 1. The third kappa shape index (κ3) is 6.46. The number of allylic oxidation sites excluding steroid dienone is 2. The van der Waals surface area contributed by atoms with Crippen molar-refractivity contribution in [2.45, 2.75) is 53.5 Å². The highest BCUT2D eigenvalue weighted by Gasteiger charge is 2.26. The summed E-state index contributed by atoms with van der Waals surface area (Å²) in [6, 6.07) is 22.9. The van der Waals surface area contributed by atoms with Gasteiger partial charge in [0.25, 0.3) is 0 Å². The zero-order valence-corrected chi connectivity index (χ0v) is 24.3. The fourth-order valence-corrected chi connectivity index (χ4v) is 6.00. The second-order valence-electron chi connectivity index (χ2n) is 11.4. The molecule has 0 radical (unpaired) electrons. The Morgan fingerprint density at radius 1 is 1.10 bits per heavy atom. The van der Waals surface area contributed by atoms with Crippen molar-refractivity contribution >= 4 is 23.0 Å². The van der Waals surface area contributed by atoms with Gasteiger partial charge in [0.15, 0.2) is 0 Å². The molecule has 0 bridgehead atoms. The van der Waals surface area contributed by atoms with Gasteiger partial charge in [0, 0.05) is 36.6 Å². The summed E-state index contributed by atoms with van der Waals surface area (Å²) in [7, 11) is 0. The lowest BCUT2D eigenvalue weighted by molar-refractivity contribution is 0.163. The smallest absolute Gasteiger partial charge is 0.139 e. The van der Waals surface area contributed by atoms with E-state index in [1.54, 1.807) is 5.57 Å². The lowest BCUT2D eigenvalue weighted by Crippen LogP contribution is -2.38. The van der Waals surface area contributed by atoms with E-state index in [1.807, 2.05) is 36.5 Å². The van der Waals surface area contributed by atoms with Crippen molar-refractivity contribution in [1.29, 1.82) is 0 Å². The van der Waals surface area contributed by atoms with Crippen molar-refractivity contribution in [1.82, 2.24) is 14.9 Å². The molecule has 0 aliphatic carbocycles. The van der Waals surface area contributed by atoms with Gasteiger partial charge in [0.2, 0.25) is 0 Å². The number of imidazole rings is 1. The van der Waals surface area contributed by atoms with E-state index >= 15 is 0 Å². The van der Waals surface area contributed by atoms with E-state index in [9.17, 15) is 0 Å². The molecule has 5 heteroatoms. The van der Waals surface area contributed by atoms with E-state index in [0.717, 1.165) is 67.2 Å². The van der Waals surface area contributed by atoms with E-state index in [4.69, 9.17) is 11.6 Å². The Hall–Kier alpha value is -3.34. The third-order valence-electron chi connectivity index (χ3n) is 7.73. The Morgan fingerprint density at radius 2 is 1.92 bits per heavy atom. The summed E-state index contributed by atoms with van der Waals surface area (Å²) in [5.74, 6) is 0.764. The van der Waals surface area contributed by atoms with E-state index in [1.165, 1.54) is 16.8 Å². The third-order valence-corrected chi connectivity index (χ3v) is 8.06. The van der Waals surface area contributed by atoms with Crippen LogP contribution in [-0.2, 0) is 13.0 Å². The zero-order chi connectivity index (χ0) is 27.4. The van der Waals surface area contributed by atoms with E-state index in [2.05, 4.69) is 90.4 Å². The minimum atomic E-state index is 0.261. The van der Waals surface area contributed by atoms with Crippen molar-refractivity contribution in [2.75, 3.05) is 18.4 Å². The number of hydrogen-bond donors (Lipinski definition) is 2. The lowest BCUT2D eigenvalue weighted by Gasteiger charge is -2.37. The van der Waals surface area contributed by atoms with E-state index in [-0.39, 0.29) is 5.41 Å². The van der Waals surface area contributed by atoms with Gasteiger partial charge in [-0.05, 0) is 72.6 Å². The minimum Gasteiger partial charge on any atom is -0.355 e. The monoisotopic (exact) mass is 538 g/mol. The standard InChI is InChI=1S/C34H39ClN4/c1-5-24(6-2)20-34(3,4)23-39-18-17-28-26(22-39)13-10-14-31(28)37-27-15-16-30(35)29(19-27)33-36-21-32(38-33)25-11-8-7-9-12-25/h5,7-16,19,21,37H,6,17-18,20,22-23H2,1-4H3,(H,36,38)/b24-5-.